The van der Waals surface area contributed by atoms with Crippen LogP contribution in [0.3, 0.4) is 0 Å². The van der Waals surface area contributed by atoms with Crippen LogP contribution in [0.2, 0.25) is 0 Å². The summed E-state index contributed by atoms with van der Waals surface area (Å²) in [6.45, 7) is 15.2. The maximum Gasteiger partial charge on any atom is 0.0249 e. The topological polar surface area (TPSA) is 0 Å². The minimum absolute atomic E-state index is 0.772. The highest BCUT2D eigenvalue weighted by molar-refractivity contribution is 5.44. The van der Waals surface area contributed by atoms with Gasteiger partial charge in [-0.3, -0.25) is 0 Å². The Morgan fingerprint density at radius 2 is 1.59 bits per heavy atom. The van der Waals surface area contributed by atoms with Gasteiger partial charge in [0.05, 0.1) is 0 Å². The quantitative estimate of drug-likeness (QED) is 0.454. The Balaban J connectivity index is 2.58. The SMILES string of the molecule is C=C/C=C\C(=C)C#Cc1ccc(CCC(=C)/C=C\C=C)cc1. The molecule has 0 bridgehead atoms. The molecule has 0 atom stereocenters. The molecule has 1 aromatic carbocycles. The van der Waals surface area contributed by atoms with E-state index in [0.717, 1.165) is 29.6 Å². The van der Waals surface area contributed by atoms with Crippen molar-refractivity contribution in [3.8, 4) is 11.8 Å². The molecule has 0 heterocycles. The number of hydrogen-bond acceptors (Lipinski definition) is 0. The fraction of sp³-hybridized carbons (Fsp3) is 0.0909. The van der Waals surface area contributed by atoms with Gasteiger partial charge in [0.15, 0.2) is 0 Å². The van der Waals surface area contributed by atoms with Crippen LogP contribution in [0.5, 0.6) is 0 Å². The molecule has 0 aliphatic rings. The monoisotopic (exact) mass is 286 g/mol. The van der Waals surface area contributed by atoms with Gasteiger partial charge in [-0.15, -0.1) is 0 Å². The van der Waals surface area contributed by atoms with Crippen molar-refractivity contribution < 1.29 is 0 Å². The standard InChI is InChI=1S/C22H22/c1-5-7-9-19(3)11-13-21-15-17-22(18-16-21)14-12-20(4)10-8-6-2/h5-10,15-18H,1-4,11,13H2/b9-7-,10-8-. The van der Waals surface area contributed by atoms with Gasteiger partial charge in [0.1, 0.15) is 0 Å². The maximum atomic E-state index is 4.02. The van der Waals surface area contributed by atoms with Crippen molar-refractivity contribution in [2.75, 3.05) is 0 Å². The Labute approximate surface area is 134 Å². The van der Waals surface area contributed by atoms with Crippen LogP contribution in [-0.4, -0.2) is 0 Å². The Kier molecular flexibility index (Phi) is 7.87. The molecule has 0 aliphatic heterocycles. The predicted octanol–water partition coefficient (Wildman–Crippen LogP) is 5.57. The molecule has 0 N–H and O–H groups in total. The van der Waals surface area contributed by atoms with E-state index < -0.39 is 0 Å². The summed E-state index contributed by atoms with van der Waals surface area (Å²) in [6, 6.07) is 8.29. The molecule has 0 nitrogen and oxygen atoms in total. The van der Waals surface area contributed by atoms with Gasteiger partial charge >= 0.3 is 0 Å². The van der Waals surface area contributed by atoms with Gasteiger partial charge < -0.3 is 0 Å². The van der Waals surface area contributed by atoms with Crippen molar-refractivity contribution in [1.82, 2.24) is 0 Å². The van der Waals surface area contributed by atoms with E-state index in [-0.39, 0.29) is 0 Å². The van der Waals surface area contributed by atoms with Crippen LogP contribution < -0.4 is 0 Å². The van der Waals surface area contributed by atoms with E-state index in [1.165, 1.54) is 5.56 Å². The van der Waals surface area contributed by atoms with Crippen LogP contribution in [0.15, 0.2) is 98.2 Å². The Bertz CT molecular complexity index is 652. The van der Waals surface area contributed by atoms with Crippen molar-refractivity contribution >= 4 is 0 Å². The van der Waals surface area contributed by atoms with E-state index in [4.69, 9.17) is 0 Å². The lowest BCUT2D eigenvalue weighted by Crippen LogP contribution is -1.87. The second-order valence-corrected chi connectivity index (χ2v) is 4.82. The lowest BCUT2D eigenvalue weighted by Gasteiger charge is -2.01. The third-order valence-electron chi connectivity index (χ3n) is 2.96. The average Bonchev–Trinajstić information content (AvgIpc) is 2.55. The van der Waals surface area contributed by atoms with Crippen molar-refractivity contribution in [3.05, 3.63) is 109 Å². The minimum atomic E-state index is 0.772. The van der Waals surface area contributed by atoms with Gasteiger partial charge in [-0.1, -0.05) is 86.2 Å². The van der Waals surface area contributed by atoms with Crippen molar-refractivity contribution in [2.45, 2.75) is 12.8 Å². The summed E-state index contributed by atoms with van der Waals surface area (Å²) in [6.07, 6.45) is 13.0. The highest BCUT2D eigenvalue weighted by Crippen LogP contribution is 2.10. The summed E-state index contributed by atoms with van der Waals surface area (Å²) in [5.41, 5.74) is 4.15. The number of hydrogen-bond donors (Lipinski definition) is 0. The Morgan fingerprint density at radius 3 is 2.23 bits per heavy atom. The maximum absolute atomic E-state index is 4.02. The largest absolute Gasteiger partial charge is 0.0991 e. The molecule has 0 fully saturated rings. The number of allylic oxidation sites excluding steroid dienone is 8. The summed E-state index contributed by atoms with van der Waals surface area (Å²) in [7, 11) is 0. The van der Waals surface area contributed by atoms with Crippen LogP contribution in [0.4, 0.5) is 0 Å². The summed E-state index contributed by atoms with van der Waals surface area (Å²) in [5.74, 6) is 6.11. The zero-order valence-corrected chi connectivity index (χ0v) is 13.0. The molecule has 0 radical (unpaired) electrons. The highest BCUT2D eigenvalue weighted by atomic mass is 14.0. The van der Waals surface area contributed by atoms with Crippen molar-refractivity contribution in [1.29, 1.82) is 0 Å². The lowest BCUT2D eigenvalue weighted by atomic mass is 10.0. The molecule has 0 amide bonds. The molecule has 22 heavy (non-hydrogen) atoms. The van der Waals surface area contributed by atoms with Gasteiger partial charge in [-0.2, -0.15) is 0 Å². The fourth-order valence-electron chi connectivity index (χ4n) is 1.73. The molecule has 0 aliphatic carbocycles. The van der Waals surface area contributed by atoms with Gasteiger partial charge in [0, 0.05) is 11.1 Å². The number of benzene rings is 1. The van der Waals surface area contributed by atoms with Crippen LogP contribution >= 0.6 is 0 Å². The van der Waals surface area contributed by atoms with Crippen LogP contribution in [-0.2, 0) is 6.42 Å². The molecule has 0 unspecified atom stereocenters. The van der Waals surface area contributed by atoms with E-state index in [0.29, 0.717) is 0 Å². The molecular formula is C22H22. The second kappa shape index (κ2) is 10.0. The van der Waals surface area contributed by atoms with Gasteiger partial charge in [-0.25, -0.2) is 0 Å². The lowest BCUT2D eigenvalue weighted by molar-refractivity contribution is 0.969. The predicted molar refractivity (Wildman–Crippen MR) is 98.6 cm³/mol. The third-order valence-corrected chi connectivity index (χ3v) is 2.96. The summed E-state index contributed by atoms with van der Waals surface area (Å²) in [4.78, 5) is 0. The van der Waals surface area contributed by atoms with Crippen molar-refractivity contribution in [3.63, 3.8) is 0 Å². The smallest absolute Gasteiger partial charge is 0.0249 e. The number of aryl methyl sites for hydroxylation is 1. The first-order valence-corrected chi connectivity index (χ1v) is 7.21. The highest BCUT2D eigenvalue weighted by Gasteiger charge is 1.95. The molecule has 0 saturated carbocycles. The zero-order chi connectivity index (χ0) is 16.2. The molecule has 1 aromatic rings. The van der Waals surface area contributed by atoms with Gasteiger partial charge in [0.25, 0.3) is 0 Å². The molecule has 1 rings (SSSR count). The van der Waals surface area contributed by atoms with Crippen LogP contribution in [0.1, 0.15) is 17.5 Å². The average molecular weight is 286 g/mol. The van der Waals surface area contributed by atoms with Gasteiger partial charge in [-0.05, 0) is 36.6 Å². The van der Waals surface area contributed by atoms with Crippen LogP contribution in [0.25, 0.3) is 0 Å². The second-order valence-electron chi connectivity index (χ2n) is 4.82. The van der Waals surface area contributed by atoms with E-state index >= 15 is 0 Å². The summed E-state index contributed by atoms with van der Waals surface area (Å²) in [5, 5.41) is 0. The van der Waals surface area contributed by atoms with E-state index in [2.05, 4.69) is 50.3 Å². The van der Waals surface area contributed by atoms with Crippen LogP contribution in [0, 0.1) is 11.8 Å². The normalized spacial score (nSPS) is 10.2. The first kappa shape index (κ1) is 17.3. The first-order chi connectivity index (χ1) is 10.7. The van der Waals surface area contributed by atoms with E-state index in [1.54, 1.807) is 12.2 Å². The van der Waals surface area contributed by atoms with Crippen molar-refractivity contribution in [2.24, 2.45) is 0 Å². The third kappa shape index (κ3) is 7.12. The number of rotatable bonds is 7. The molecule has 0 aromatic heterocycles. The summed E-state index contributed by atoms with van der Waals surface area (Å²) < 4.78 is 0. The molecule has 0 spiro atoms. The minimum Gasteiger partial charge on any atom is -0.0991 e. The molecule has 110 valence electrons. The molecule has 0 heteroatoms. The van der Waals surface area contributed by atoms with E-state index in [9.17, 15) is 0 Å². The molecule has 0 saturated heterocycles. The summed E-state index contributed by atoms with van der Waals surface area (Å²) >= 11 is 0. The fourth-order valence-corrected chi connectivity index (χ4v) is 1.73. The van der Waals surface area contributed by atoms with E-state index in [1.807, 2.05) is 36.4 Å². The van der Waals surface area contributed by atoms with Gasteiger partial charge in [0.2, 0.25) is 0 Å². The zero-order valence-electron chi connectivity index (χ0n) is 13.0. The Hall–Kier alpha value is -2.78. The first-order valence-electron chi connectivity index (χ1n) is 7.21. The molecular weight excluding hydrogens is 264 g/mol. The Morgan fingerprint density at radius 1 is 0.955 bits per heavy atom.